The molecule has 0 aliphatic rings. The van der Waals surface area contributed by atoms with Crippen molar-refractivity contribution in [1.29, 1.82) is 0 Å². The fourth-order valence-electron chi connectivity index (χ4n) is 1.92. The SMILES string of the molecule is CCN(S(=O)c1ccc(C)cc1OC(F)(F)F)C(C)(C)C. The van der Waals surface area contributed by atoms with E-state index in [1.165, 1.54) is 12.1 Å². The maximum Gasteiger partial charge on any atom is 0.573 e. The normalized spacial score (nSPS) is 14.3. The summed E-state index contributed by atoms with van der Waals surface area (Å²) in [6.07, 6.45) is -4.81. The van der Waals surface area contributed by atoms with Gasteiger partial charge in [0.25, 0.3) is 0 Å². The Morgan fingerprint density at radius 3 is 2.24 bits per heavy atom. The number of ether oxygens (including phenoxy) is 1. The number of benzene rings is 1. The van der Waals surface area contributed by atoms with Crippen molar-refractivity contribution >= 4 is 11.0 Å². The Hall–Kier alpha value is -1.08. The van der Waals surface area contributed by atoms with E-state index in [9.17, 15) is 17.4 Å². The second kappa shape index (κ2) is 6.36. The zero-order chi connectivity index (χ0) is 16.4. The Labute approximate surface area is 125 Å². The molecule has 0 radical (unpaired) electrons. The molecule has 0 saturated carbocycles. The van der Waals surface area contributed by atoms with Crippen LogP contribution in [0, 0.1) is 6.92 Å². The topological polar surface area (TPSA) is 29.5 Å². The third-order valence-corrected chi connectivity index (χ3v) is 4.67. The van der Waals surface area contributed by atoms with Crippen molar-refractivity contribution in [1.82, 2.24) is 4.31 Å². The van der Waals surface area contributed by atoms with Gasteiger partial charge in [0, 0.05) is 12.1 Å². The Morgan fingerprint density at radius 1 is 1.24 bits per heavy atom. The predicted molar refractivity (Wildman–Crippen MR) is 76.4 cm³/mol. The number of hydrogen-bond donors (Lipinski definition) is 0. The Bertz CT molecular complexity index is 524. The van der Waals surface area contributed by atoms with E-state index in [0.717, 1.165) is 0 Å². The molecule has 0 aliphatic carbocycles. The van der Waals surface area contributed by atoms with Crippen LogP contribution in [0.5, 0.6) is 5.75 Å². The monoisotopic (exact) mass is 323 g/mol. The molecular formula is C14H20F3NO2S. The second-order valence-electron chi connectivity index (χ2n) is 5.61. The zero-order valence-corrected chi connectivity index (χ0v) is 13.6. The molecule has 0 amide bonds. The first-order valence-corrected chi connectivity index (χ1v) is 7.62. The highest BCUT2D eigenvalue weighted by Crippen LogP contribution is 2.32. The van der Waals surface area contributed by atoms with Crippen LogP contribution < -0.4 is 4.74 Å². The van der Waals surface area contributed by atoms with Gasteiger partial charge in [-0.2, -0.15) is 0 Å². The summed E-state index contributed by atoms with van der Waals surface area (Å²) in [5.74, 6) is -0.413. The van der Waals surface area contributed by atoms with Crippen LogP contribution in [0.1, 0.15) is 33.3 Å². The minimum Gasteiger partial charge on any atom is -0.404 e. The van der Waals surface area contributed by atoms with E-state index in [2.05, 4.69) is 4.74 Å². The summed E-state index contributed by atoms with van der Waals surface area (Å²) in [5.41, 5.74) is 0.161. The van der Waals surface area contributed by atoms with E-state index in [0.29, 0.717) is 12.1 Å². The minimum atomic E-state index is -4.81. The maximum atomic E-state index is 12.6. The summed E-state index contributed by atoms with van der Waals surface area (Å²) in [6, 6.07) is 4.28. The van der Waals surface area contributed by atoms with Gasteiger partial charge in [0.15, 0.2) is 0 Å². The highest BCUT2D eigenvalue weighted by molar-refractivity contribution is 7.82. The van der Waals surface area contributed by atoms with Crippen LogP contribution in [0.25, 0.3) is 0 Å². The van der Waals surface area contributed by atoms with Gasteiger partial charge in [-0.25, -0.2) is 8.51 Å². The van der Waals surface area contributed by atoms with Crippen molar-refractivity contribution < 1.29 is 22.1 Å². The van der Waals surface area contributed by atoms with Crippen LogP contribution in [-0.4, -0.2) is 27.0 Å². The Kier molecular flexibility index (Phi) is 5.44. The minimum absolute atomic E-state index is 0.0229. The molecule has 0 fully saturated rings. The molecule has 1 atom stereocenters. The molecule has 0 spiro atoms. The lowest BCUT2D eigenvalue weighted by molar-refractivity contribution is -0.275. The lowest BCUT2D eigenvalue weighted by Crippen LogP contribution is -2.42. The lowest BCUT2D eigenvalue weighted by Gasteiger charge is -2.33. The van der Waals surface area contributed by atoms with Gasteiger partial charge >= 0.3 is 6.36 Å². The van der Waals surface area contributed by atoms with E-state index in [1.54, 1.807) is 17.3 Å². The highest BCUT2D eigenvalue weighted by atomic mass is 32.2. The zero-order valence-electron chi connectivity index (χ0n) is 12.7. The number of nitrogens with zero attached hydrogens (tertiary/aromatic N) is 1. The molecule has 7 heteroatoms. The molecule has 1 aromatic carbocycles. The van der Waals surface area contributed by atoms with Gasteiger partial charge in [0.2, 0.25) is 0 Å². The highest BCUT2D eigenvalue weighted by Gasteiger charge is 2.34. The van der Waals surface area contributed by atoms with Gasteiger partial charge in [-0.15, -0.1) is 13.2 Å². The van der Waals surface area contributed by atoms with Gasteiger partial charge in [-0.1, -0.05) is 13.0 Å². The van der Waals surface area contributed by atoms with Crippen LogP contribution in [0.3, 0.4) is 0 Å². The molecule has 0 N–H and O–H groups in total. The third-order valence-electron chi connectivity index (χ3n) is 2.75. The van der Waals surface area contributed by atoms with Crippen LogP contribution in [-0.2, 0) is 11.0 Å². The van der Waals surface area contributed by atoms with Crippen LogP contribution in [0.15, 0.2) is 23.1 Å². The fourth-order valence-corrected chi connectivity index (χ4v) is 3.35. The summed E-state index contributed by atoms with van der Waals surface area (Å²) in [6.45, 7) is 9.46. The molecule has 1 rings (SSSR count). The Morgan fingerprint density at radius 2 is 1.81 bits per heavy atom. The van der Waals surface area contributed by atoms with Crippen LogP contribution in [0.2, 0.25) is 0 Å². The summed E-state index contributed by atoms with van der Waals surface area (Å²) in [4.78, 5) is 0.0229. The van der Waals surface area contributed by atoms with E-state index in [-0.39, 0.29) is 4.90 Å². The molecule has 1 aromatic rings. The number of aryl methyl sites for hydroxylation is 1. The van der Waals surface area contributed by atoms with Crippen LogP contribution >= 0.6 is 0 Å². The molecule has 21 heavy (non-hydrogen) atoms. The Balaban J connectivity index is 3.26. The van der Waals surface area contributed by atoms with Crippen molar-refractivity contribution in [3.63, 3.8) is 0 Å². The molecular weight excluding hydrogens is 303 g/mol. The molecule has 0 bridgehead atoms. The molecule has 0 aromatic heterocycles. The largest absolute Gasteiger partial charge is 0.573 e. The van der Waals surface area contributed by atoms with Crippen molar-refractivity contribution in [3.05, 3.63) is 23.8 Å². The van der Waals surface area contributed by atoms with Crippen molar-refractivity contribution in [2.45, 2.75) is 51.4 Å². The summed E-state index contributed by atoms with van der Waals surface area (Å²) < 4.78 is 55.8. The first-order valence-electron chi connectivity index (χ1n) is 6.51. The van der Waals surface area contributed by atoms with E-state index >= 15 is 0 Å². The lowest BCUT2D eigenvalue weighted by atomic mass is 10.1. The predicted octanol–water partition coefficient (Wildman–Crippen LogP) is 4.04. The van der Waals surface area contributed by atoms with Gasteiger partial charge < -0.3 is 4.74 Å². The molecule has 1 unspecified atom stereocenters. The molecule has 0 heterocycles. The van der Waals surface area contributed by atoms with Gasteiger partial charge in [0.1, 0.15) is 16.7 Å². The first-order chi connectivity index (χ1) is 9.45. The number of alkyl halides is 3. The van der Waals surface area contributed by atoms with Gasteiger partial charge in [-0.3, -0.25) is 0 Å². The molecule has 0 aliphatic heterocycles. The molecule has 120 valence electrons. The summed E-state index contributed by atoms with van der Waals surface area (Å²) >= 11 is 0. The van der Waals surface area contributed by atoms with Crippen molar-refractivity contribution in [2.24, 2.45) is 0 Å². The summed E-state index contributed by atoms with van der Waals surface area (Å²) in [7, 11) is -1.74. The number of rotatable bonds is 4. The van der Waals surface area contributed by atoms with Crippen LogP contribution in [0.4, 0.5) is 13.2 Å². The van der Waals surface area contributed by atoms with Crippen molar-refractivity contribution in [2.75, 3.05) is 6.54 Å². The maximum absolute atomic E-state index is 12.6. The first kappa shape index (κ1) is 18.0. The number of hydrogen-bond acceptors (Lipinski definition) is 2. The van der Waals surface area contributed by atoms with Gasteiger partial charge in [0.05, 0.1) is 4.90 Å². The quantitative estimate of drug-likeness (QED) is 0.837. The van der Waals surface area contributed by atoms with Gasteiger partial charge in [-0.05, 0) is 45.4 Å². The van der Waals surface area contributed by atoms with E-state index in [4.69, 9.17) is 0 Å². The smallest absolute Gasteiger partial charge is 0.404 e. The standard InChI is InChI=1S/C14H20F3NO2S/c1-6-18(13(3,4)5)21(19)12-8-7-10(2)9-11(12)20-14(15,16)17/h7-9H,6H2,1-5H3. The average molecular weight is 323 g/mol. The van der Waals surface area contributed by atoms with E-state index in [1.807, 2.05) is 27.7 Å². The third kappa shape index (κ3) is 5.00. The fraction of sp³-hybridized carbons (Fsp3) is 0.571. The molecule has 3 nitrogen and oxygen atoms in total. The second-order valence-corrected chi connectivity index (χ2v) is 6.99. The van der Waals surface area contributed by atoms with E-state index < -0.39 is 28.6 Å². The number of halogens is 3. The average Bonchev–Trinajstić information content (AvgIpc) is 2.25. The van der Waals surface area contributed by atoms with Crippen molar-refractivity contribution in [3.8, 4) is 5.75 Å². The summed E-state index contributed by atoms with van der Waals surface area (Å²) in [5, 5.41) is 0. The molecule has 0 saturated heterocycles.